The number of carbonyl (C=O) groups excluding carboxylic acids is 2. The zero-order chi connectivity index (χ0) is 18.8. The Morgan fingerprint density at radius 1 is 1.31 bits per heavy atom. The monoisotopic (exact) mass is 373 g/mol. The molecule has 0 aromatic heterocycles. The van der Waals surface area contributed by atoms with Crippen LogP contribution in [0.5, 0.6) is 5.75 Å². The minimum absolute atomic E-state index is 0.136. The van der Waals surface area contributed by atoms with E-state index in [2.05, 4.69) is 5.32 Å². The molecule has 1 atom stereocenters. The number of hydrogen-bond donors (Lipinski definition) is 2. The number of carbonyl (C=O) groups is 2. The first-order valence-electron chi connectivity index (χ1n) is 8.22. The molecule has 0 radical (unpaired) electrons. The summed E-state index contributed by atoms with van der Waals surface area (Å²) in [5.74, 6) is -0.249. The molecule has 2 aromatic carbocycles. The number of anilines is 2. The zero-order valence-electron chi connectivity index (χ0n) is 14.6. The number of benzene rings is 2. The number of methoxy groups -OCH3 is 1. The Hall–Kier alpha value is -2.73. The van der Waals surface area contributed by atoms with Gasteiger partial charge in [0, 0.05) is 18.3 Å². The topological polar surface area (TPSA) is 84.7 Å². The largest absolute Gasteiger partial charge is 0.496 e. The van der Waals surface area contributed by atoms with Gasteiger partial charge >= 0.3 is 0 Å². The van der Waals surface area contributed by atoms with Crippen molar-refractivity contribution in [1.29, 1.82) is 0 Å². The van der Waals surface area contributed by atoms with Gasteiger partial charge < -0.3 is 20.7 Å². The van der Waals surface area contributed by atoms with Crippen LogP contribution < -0.4 is 20.7 Å². The summed E-state index contributed by atoms with van der Waals surface area (Å²) in [6, 6.07) is 10.1. The molecule has 0 bridgehead atoms. The van der Waals surface area contributed by atoms with Gasteiger partial charge in [0.15, 0.2) is 0 Å². The lowest BCUT2D eigenvalue weighted by molar-refractivity contribution is -0.118. The van der Waals surface area contributed by atoms with E-state index >= 15 is 0 Å². The summed E-state index contributed by atoms with van der Waals surface area (Å²) < 4.78 is 5.20. The third kappa shape index (κ3) is 3.46. The third-order valence-electron chi connectivity index (χ3n) is 4.42. The highest BCUT2D eigenvalue weighted by atomic mass is 35.5. The Kier molecular flexibility index (Phi) is 5.04. The summed E-state index contributed by atoms with van der Waals surface area (Å²) in [4.78, 5) is 27.0. The number of ether oxygens (including phenoxy) is 1. The molecule has 3 N–H and O–H groups in total. The van der Waals surface area contributed by atoms with Gasteiger partial charge in [-0.05, 0) is 31.5 Å². The quantitative estimate of drug-likeness (QED) is 0.807. The van der Waals surface area contributed by atoms with Crippen molar-refractivity contribution in [2.45, 2.75) is 19.4 Å². The van der Waals surface area contributed by atoms with Gasteiger partial charge in [-0.2, -0.15) is 0 Å². The number of aryl methyl sites for hydroxylation is 1. The molecule has 1 unspecified atom stereocenters. The SMILES string of the molecule is COc1cc(N)c(Cl)cc1C(=O)NC1CCN(c2ccc(C)cc2)C1=O. The molecule has 0 saturated carbocycles. The lowest BCUT2D eigenvalue weighted by atomic mass is 10.1. The standard InChI is InChI=1S/C19H20ClN3O3/c1-11-3-5-12(6-4-11)23-8-7-16(19(23)25)22-18(24)13-9-14(20)15(21)10-17(13)26-2/h3-6,9-10,16H,7-8,21H2,1-2H3,(H,22,24). The molecule has 2 aromatic rings. The van der Waals surface area contributed by atoms with E-state index in [4.69, 9.17) is 22.1 Å². The van der Waals surface area contributed by atoms with Gasteiger partial charge in [-0.1, -0.05) is 29.3 Å². The van der Waals surface area contributed by atoms with Crippen molar-refractivity contribution in [2.24, 2.45) is 0 Å². The lowest BCUT2D eigenvalue weighted by Gasteiger charge is -2.18. The van der Waals surface area contributed by atoms with Crippen LogP contribution in [0.1, 0.15) is 22.3 Å². The summed E-state index contributed by atoms with van der Waals surface area (Å²) in [5, 5.41) is 3.03. The second kappa shape index (κ2) is 7.25. The Balaban J connectivity index is 1.76. The first kappa shape index (κ1) is 18.1. The van der Waals surface area contributed by atoms with Crippen LogP contribution in [0.2, 0.25) is 5.02 Å². The smallest absolute Gasteiger partial charge is 0.255 e. The first-order chi connectivity index (χ1) is 12.4. The van der Waals surface area contributed by atoms with Crippen LogP contribution in [-0.2, 0) is 4.79 Å². The first-order valence-corrected chi connectivity index (χ1v) is 8.60. The minimum atomic E-state index is -0.593. The van der Waals surface area contributed by atoms with Crippen molar-refractivity contribution < 1.29 is 14.3 Å². The van der Waals surface area contributed by atoms with E-state index in [0.29, 0.717) is 24.4 Å². The number of halogens is 1. The van der Waals surface area contributed by atoms with E-state index in [1.54, 1.807) is 4.90 Å². The van der Waals surface area contributed by atoms with Gasteiger partial charge in [-0.3, -0.25) is 9.59 Å². The maximum atomic E-state index is 12.7. The maximum absolute atomic E-state index is 12.7. The molecule has 1 saturated heterocycles. The molecule has 1 heterocycles. The number of nitrogens with two attached hydrogens (primary N) is 1. The Morgan fingerprint density at radius 2 is 2.00 bits per heavy atom. The van der Waals surface area contributed by atoms with Gasteiger partial charge in [0.1, 0.15) is 11.8 Å². The highest BCUT2D eigenvalue weighted by Crippen LogP contribution is 2.29. The van der Waals surface area contributed by atoms with E-state index in [-0.39, 0.29) is 16.5 Å². The maximum Gasteiger partial charge on any atom is 0.255 e. The second-order valence-electron chi connectivity index (χ2n) is 6.21. The summed E-state index contributed by atoms with van der Waals surface area (Å²) >= 11 is 6.01. The number of nitrogens with one attached hydrogen (secondary N) is 1. The molecule has 1 aliphatic heterocycles. The highest BCUT2D eigenvalue weighted by Gasteiger charge is 2.34. The lowest BCUT2D eigenvalue weighted by Crippen LogP contribution is -2.41. The molecular weight excluding hydrogens is 354 g/mol. The van der Waals surface area contributed by atoms with Crippen molar-refractivity contribution in [1.82, 2.24) is 5.32 Å². The molecule has 0 aliphatic carbocycles. The molecule has 3 rings (SSSR count). The van der Waals surface area contributed by atoms with Gasteiger partial charge in [0.2, 0.25) is 5.91 Å². The molecule has 0 spiro atoms. The molecule has 7 heteroatoms. The van der Waals surface area contributed by atoms with Crippen LogP contribution >= 0.6 is 11.6 Å². The molecule has 1 aliphatic rings. The third-order valence-corrected chi connectivity index (χ3v) is 4.75. The van der Waals surface area contributed by atoms with Crippen molar-refractivity contribution in [2.75, 3.05) is 24.3 Å². The van der Waals surface area contributed by atoms with Gasteiger partial charge in [0.05, 0.1) is 23.4 Å². The van der Waals surface area contributed by atoms with E-state index in [0.717, 1.165) is 11.3 Å². The summed E-state index contributed by atoms with van der Waals surface area (Å²) in [5.41, 5.74) is 8.25. The summed E-state index contributed by atoms with van der Waals surface area (Å²) in [7, 11) is 1.44. The fraction of sp³-hybridized carbons (Fsp3) is 0.263. The number of rotatable bonds is 4. The predicted molar refractivity (Wildman–Crippen MR) is 102 cm³/mol. The normalized spacial score (nSPS) is 16.7. The molecule has 26 heavy (non-hydrogen) atoms. The highest BCUT2D eigenvalue weighted by molar-refractivity contribution is 6.33. The minimum Gasteiger partial charge on any atom is -0.496 e. The molecule has 136 valence electrons. The Labute approximate surface area is 156 Å². The fourth-order valence-corrected chi connectivity index (χ4v) is 3.11. The Bertz CT molecular complexity index is 852. The van der Waals surface area contributed by atoms with Crippen LogP contribution in [-0.4, -0.2) is 31.5 Å². The van der Waals surface area contributed by atoms with Gasteiger partial charge in [-0.15, -0.1) is 0 Å². The van der Waals surface area contributed by atoms with Crippen molar-refractivity contribution >= 4 is 34.8 Å². The van der Waals surface area contributed by atoms with Crippen LogP contribution in [0.4, 0.5) is 11.4 Å². The molecule has 2 amide bonds. The number of hydrogen-bond acceptors (Lipinski definition) is 4. The van der Waals surface area contributed by atoms with Gasteiger partial charge in [0.25, 0.3) is 5.91 Å². The molecular formula is C19H20ClN3O3. The number of nitrogen functional groups attached to an aromatic ring is 1. The zero-order valence-corrected chi connectivity index (χ0v) is 15.3. The van der Waals surface area contributed by atoms with Crippen LogP contribution in [0.25, 0.3) is 0 Å². The van der Waals surface area contributed by atoms with Crippen molar-refractivity contribution in [3.05, 3.63) is 52.5 Å². The van der Waals surface area contributed by atoms with Crippen LogP contribution in [0, 0.1) is 6.92 Å². The molecule has 1 fully saturated rings. The summed E-state index contributed by atoms with van der Waals surface area (Å²) in [6.07, 6.45) is 0.531. The second-order valence-corrected chi connectivity index (χ2v) is 6.62. The average Bonchev–Trinajstić information content (AvgIpc) is 2.98. The summed E-state index contributed by atoms with van der Waals surface area (Å²) in [6.45, 7) is 2.54. The predicted octanol–water partition coefficient (Wildman–Crippen LogP) is 2.77. The van der Waals surface area contributed by atoms with Crippen LogP contribution in [0.3, 0.4) is 0 Å². The van der Waals surface area contributed by atoms with E-state index < -0.39 is 11.9 Å². The van der Waals surface area contributed by atoms with E-state index in [1.165, 1.54) is 19.2 Å². The van der Waals surface area contributed by atoms with E-state index in [9.17, 15) is 9.59 Å². The van der Waals surface area contributed by atoms with E-state index in [1.807, 2.05) is 31.2 Å². The van der Waals surface area contributed by atoms with Crippen molar-refractivity contribution in [3.8, 4) is 5.75 Å². The average molecular weight is 374 g/mol. The van der Waals surface area contributed by atoms with Crippen LogP contribution in [0.15, 0.2) is 36.4 Å². The van der Waals surface area contributed by atoms with Gasteiger partial charge in [-0.25, -0.2) is 0 Å². The molecule has 6 nitrogen and oxygen atoms in total. The Morgan fingerprint density at radius 3 is 2.65 bits per heavy atom. The van der Waals surface area contributed by atoms with Crippen molar-refractivity contribution in [3.63, 3.8) is 0 Å². The number of amides is 2. The fourth-order valence-electron chi connectivity index (χ4n) is 2.95. The number of nitrogens with zero attached hydrogens (tertiary/aromatic N) is 1.